The number of alkyl halides is 3. The Balaban J connectivity index is 1.62. The fourth-order valence-electron chi connectivity index (χ4n) is 2.94. The highest BCUT2D eigenvalue weighted by atomic mass is 19.4. The summed E-state index contributed by atoms with van der Waals surface area (Å²) < 4.78 is 47.5. The molecule has 1 atom stereocenters. The van der Waals surface area contributed by atoms with E-state index >= 15 is 0 Å². The Kier molecular flexibility index (Phi) is 4.50. The van der Waals surface area contributed by atoms with Crippen LogP contribution in [0.25, 0.3) is 0 Å². The number of ether oxygens (including phenoxy) is 2. The van der Waals surface area contributed by atoms with Gasteiger partial charge in [-0.15, -0.1) is 0 Å². The van der Waals surface area contributed by atoms with E-state index in [0.717, 1.165) is 0 Å². The summed E-state index contributed by atoms with van der Waals surface area (Å²) in [5.41, 5.74) is 0.315. The normalized spacial score (nSPS) is 20.5. The Morgan fingerprint density at radius 1 is 1.33 bits per heavy atom. The number of fused-ring (bicyclic) bond motifs is 1. The summed E-state index contributed by atoms with van der Waals surface area (Å²) in [5, 5.41) is 14.3. The van der Waals surface area contributed by atoms with Crippen LogP contribution < -0.4 is 14.8 Å². The van der Waals surface area contributed by atoms with E-state index < -0.39 is 17.6 Å². The minimum atomic E-state index is -4.22. The second kappa shape index (κ2) is 6.44. The van der Waals surface area contributed by atoms with E-state index in [9.17, 15) is 23.3 Å². The smallest absolute Gasteiger partial charge is 0.401 e. The molecule has 0 spiro atoms. The first-order valence-electron chi connectivity index (χ1n) is 7.41. The molecule has 0 amide bonds. The topological polar surface area (TPSA) is 76.9 Å². The molecular formula is C14H16F3N3O4. The van der Waals surface area contributed by atoms with Crippen LogP contribution in [-0.4, -0.2) is 48.5 Å². The predicted octanol–water partition coefficient (Wildman–Crippen LogP) is 2.05. The monoisotopic (exact) mass is 347 g/mol. The lowest BCUT2D eigenvalue weighted by atomic mass is 10.1. The molecule has 0 aliphatic carbocycles. The number of nitrogens with zero attached hydrogens (tertiary/aromatic N) is 2. The molecule has 24 heavy (non-hydrogen) atoms. The fourth-order valence-corrected chi connectivity index (χ4v) is 2.94. The third kappa shape index (κ3) is 3.88. The third-order valence-electron chi connectivity index (χ3n) is 4.03. The molecule has 2 aliphatic heterocycles. The van der Waals surface area contributed by atoms with Gasteiger partial charge in [0.2, 0.25) is 6.79 Å². The number of benzene rings is 1. The maximum atomic E-state index is 12.4. The molecule has 10 heteroatoms. The van der Waals surface area contributed by atoms with Gasteiger partial charge in [-0.3, -0.25) is 15.0 Å². The second-order valence-electron chi connectivity index (χ2n) is 5.81. The van der Waals surface area contributed by atoms with Crippen LogP contribution in [0.5, 0.6) is 11.5 Å². The van der Waals surface area contributed by atoms with E-state index in [-0.39, 0.29) is 31.6 Å². The van der Waals surface area contributed by atoms with Crippen molar-refractivity contribution in [1.82, 2.24) is 10.2 Å². The van der Waals surface area contributed by atoms with Gasteiger partial charge in [0.05, 0.1) is 17.5 Å². The second-order valence-corrected chi connectivity index (χ2v) is 5.81. The zero-order chi connectivity index (χ0) is 17.3. The maximum Gasteiger partial charge on any atom is 0.401 e. The van der Waals surface area contributed by atoms with Crippen molar-refractivity contribution in [2.75, 3.05) is 26.4 Å². The molecule has 1 aromatic carbocycles. The van der Waals surface area contributed by atoms with Gasteiger partial charge < -0.3 is 14.8 Å². The molecule has 1 saturated heterocycles. The minimum absolute atomic E-state index is 0.0123. The van der Waals surface area contributed by atoms with E-state index in [1.54, 1.807) is 0 Å². The van der Waals surface area contributed by atoms with E-state index in [2.05, 4.69) is 5.32 Å². The Morgan fingerprint density at radius 3 is 2.71 bits per heavy atom. The van der Waals surface area contributed by atoms with Crippen LogP contribution in [-0.2, 0) is 6.54 Å². The van der Waals surface area contributed by atoms with E-state index in [1.807, 2.05) is 0 Å². The third-order valence-corrected chi connectivity index (χ3v) is 4.03. The molecule has 1 N–H and O–H groups in total. The fraction of sp³-hybridized carbons (Fsp3) is 0.571. The molecule has 0 radical (unpaired) electrons. The molecule has 0 saturated carbocycles. The molecule has 1 fully saturated rings. The minimum Gasteiger partial charge on any atom is -0.454 e. The van der Waals surface area contributed by atoms with Crippen molar-refractivity contribution >= 4 is 5.69 Å². The average Bonchev–Trinajstić information content (AvgIpc) is 3.10. The van der Waals surface area contributed by atoms with Crippen LogP contribution in [0, 0.1) is 10.1 Å². The van der Waals surface area contributed by atoms with Crippen molar-refractivity contribution in [3.05, 3.63) is 27.8 Å². The van der Waals surface area contributed by atoms with Crippen LogP contribution in [0.15, 0.2) is 12.1 Å². The number of nitrogens with one attached hydrogen (secondary N) is 1. The number of nitro benzene ring substituents is 1. The lowest BCUT2D eigenvalue weighted by Gasteiger charge is -2.18. The maximum absolute atomic E-state index is 12.4. The van der Waals surface area contributed by atoms with Gasteiger partial charge in [0.15, 0.2) is 11.5 Å². The summed E-state index contributed by atoms with van der Waals surface area (Å²) in [6, 6.07) is 2.71. The van der Waals surface area contributed by atoms with Crippen molar-refractivity contribution in [3.63, 3.8) is 0 Å². The van der Waals surface area contributed by atoms with Gasteiger partial charge in [-0.05, 0) is 12.5 Å². The highest BCUT2D eigenvalue weighted by Gasteiger charge is 2.34. The first-order valence-corrected chi connectivity index (χ1v) is 7.41. The SMILES string of the molecule is O=[N+]([O-])c1cc2c(cc1CNC1CCN(CC(F)(F)F)C1)OCO2. The van der Waals surface area contributed by atoms with Crippen molar-refractivity contribution in [1.29, 1.82) is 0 Å². The van der Waals surface area contributed by atoms with Gasteiger partial charge in [-0.2, -0.15) is 13.2 Å². The van der Waals surface area contributed by atoms with Crippen molar-refractivity contribution < 1.29 is 27.6 Å². The Bertz CT molecular complexity index is 638. The summed E-state index contributed by atoms with van der Waals surface area (Å²) in [7, 11) is 0. The van der Waals surface area contributed by atoms with E-state index in [1.165, 1.54) is 17.0 Å². The average molecular weight is 347 g/mol. The molecule has 1 aromatic rings. The van der Waals surface area contributed by atoms with E-state index in [4.69, 9.17) is 9.47 Å². The number of likely N-dealkylation sites (tertiary alicyclic amines) is 1. The lowest BCUT2D eigenvalue weighted by Crippen LogP contribution is -2.36. The van der Waals surface area contributed by atoms with Crippen molar-refractivity contribution in [3.8, 4) is 11.5 Å². The zero-order valence-electron chi connectivity index (χ0n) is 12.6. The summed E-state index contributed by atoms with van der Waals surface area (Å²) in [4.78, 5) is 12.0. The summed E-state index contributed by atoms with van der Waals surface area (Å²) in [6.07, 6.45) is -3.65. The summed E-state index contributed by atoms with van der Waals surface area (Å²) >= 11 is 0. The van der Waals surface area contributed by atoms with Gasteiger partial charge >= 0.3 is 6.18 Å². The molecule has 7 nitrogen and oxygen atoms in total. The summed E-state index contributed by atoms with van der Waals surface area (Å²) in [5.74, 6) is 0.755. The van der Waals surface area contributed by atoms with Gasteiger partial charge in [0, 0.05) is 31.2 Å². The Morgan fingerprint density at radius 2 is 2.04 bits per heavy atom. The standard InChI is InChI=1S/C14H16F3N3O4/c15-14(16,17)7-19-2-1-10(6-19)18-5-9-3-12-13(24-8-23-12)4-11(9)20(21)22/h3-4,10,18H,1-2,5-8H2. The first kappa shape index (κ1) is 16.8. The van der Waals surface area contributed by atoms with Crippen LogP contribution in [0.1, 0.15) is 12.0 Å². The molecular weight excluding hydrogens is 331 g/mol. The van der Waals surface area contributed by atoms with Crippen molar-refractivity contribution in [2.45, 2.75) is 25.2 Å². The highest BCUT2D eigenvalue weighted by Crippen LogP contribution is 2.38. The number of rotatable bonds is 5. The van der Waals surface area contributed by atoms with E-state index in [0.29, 0.717) is 30.0 Å². The van der Waals surface area contributed by atoms with Crippen LogP contribution in [0.4, 0.5) is 18.9 Å². The Hall–Kier alpha value is -2.07. The predicted molar refractivity (Wildman–Crippen MR) is 77.0 cm³/mol. The largest absolute Gasteiger partial charge is 0.454 e. The highest BCUT2D eigenvalue weighted by molar-refractivity contribution is 5.55. The van der Waals surface area contributed by atoms with Gasteiger partial charge in [0.1, 0.15) is 0 Å². The van der Waals surface area contributed by atoms with Gasteiger partial charge in [-0.25, -0.2) is 0 Å². The number of hydrogen-bond donors (Lipinski definition) is 1. The molecule has 132 valence electrons. The number of hydrogen-bond acceptors (Lipinski definition) is 6. The van der Waals surface area contributed by atoms with Gasteiger partial charge in [0.25, 0.3) is 5.69 Å². The van der Waals surface area contributed by atoms with Crippen LogP contribution >= 0.6 is 0 Å². The molecule has 0 bridgehead atoms. The molecule has 2 aliphatic rings. The molecule has 3 rings (SSSR count). The quantitative estimate of drug-likeness (QED) is 0.649. The molecule has 0 aromatic heterocycles. The molecule has 1 unspecified atom stereocenters. The first-order chi connectivity index (χ1) is 11.3. The van der Waals surface area contributed by atoms with Crippen LogP contribution in [0.3, 0.4) is 0 Å². The van der Waals surface area contributed by atoms with Crippen molar-refractivity contribution in [2.24, 2.45) is 0 Å². The van der Waals surface area contributed by atoms with Crippen LogP contribution in [0.2, 0.25) is 0 Å². The van der Waals surface area contributed by atoms with Gasteiger partial charge in [-0.1, -0.05) is 0 Å². The lowest BCUT2D eigenvalue weighted by molar-refractivity contribution is -0.385. The number of nitro groups is 1. The summed E-state index contributed by atoms with van der Waals surface area (Å²) in [6.45, 7) is -0.135. The zero-order valence-corrected chi connectivity index (χ0v) is 12.6. The number of halogens is 3. The Labute approximate surface area is 135 Å². The molecule has 2 heterocycles.